The van der Waals surface area contributed by atoms with Crippen LogP contribution in [0.1, 0.15) is 29.3 Å². The highest BCUT2D eigenvalue weighted by molar-refractivity contribution is 7.08. The number of carbonyl (C=O) groups is 1. The van der Waals surface area contributed by atoms with Crippen molar-refractivity contribution in [3.05, 3.63) is 21.9 Å². The van der Waals surface area contributed by atoms with Crippen LogP contribution in [-0.2, 0) is 0 Å². The van der Waals surface area contributed by atoms with Gasteiger partial charge in [0.05, 0.1) is 11.6 Å². The Labute approximate surface area is 88.3 Å². The van der Waals surface area contributed by atoms with Gasteiger partial charge in [-0.3, -0.25) is 4.79 Å². The van der Waals surface area contributed by atoms with E-state index >= 15 is 0 Å². The van der Waals surface area contributed by atoms with Gasteiger partial charge in [0.1, 0.15) is 0 Å². The molecule has 1 amide bonds. The van der Waals surface area contributed by atoms with E-state index in [9.17, 15) is 4.79 Å². The number of thiophene rings is 1. The lowest BCUT2D eigenvalue weighted by Gasteiger charge is -2.09. The fourth-order valence-corrected chi connectivity index (χ4v) is 1.92. The van der Waals surface area contributed by atoms with Crippen LogP contribution in [0.4, 0.5) is 0 Å². The Balaban J connectivity index is 2.69. The van der Waals surface area contributed by atoms with Crippen molar-refractivity contribution in [3.8, 4) is 12.3 Å². The number of amides is 1. The summed E-state index contributed by atoms with van der Waals surface area (Å²) in [6, 6.07) is -0.165. The van der Waals surface area contributed by atoms with E-state index in [1.54, 1.807) is 0 Å². The van der Waals surface area contributed by atoms with E-state index in [0.717, 1.165) is 17.5 Å². The van der Waals surface area contributed by atoms with E-state index in [2.05, 4.69) is 11.2 Å². The molecule has 1 atom stereocenters. The van der Waals surface area contributed by atoms with Crippen LogP contribution in [0.3, 0.4) is 0 Å². The number of hydrogen-bond donors (Lipinski definition) is 1. The maximum absolute atomic E-state index is 11.7. The molecule has 74 valence electrons. The van der Waals surface area contributed by atoms with Gasteiger partial charge in [0, 0.05) is 5.38 Å². The Hall–Kier alpha value is -1.27. The molecule has 1 aromatic rings. The monoisotopic (exact) mass is 207 g/mol. The summed E-state index contributed by atoms with van der Waals surface area (Å²) in [6.45, 7) is 3.87. The average Bonchev–Trinajstić information content (AvgIpc) is 2.60. The minimum absolute atomic E-state index is 0.0754. The van der Waals surface area contributed by atoms with Crippen molar-refractivity contribution in [2.75, 3.05) is 0 Å². The van der Waals surface area contributed by atoms with Crippen LogP contribution in [0.2, 0.25) is 0 Å². The van der Waals surface area contributed by atoms with E-state index < -0.39 is 0 Å². The molecule has 0 spiro atoms. The van der Waals surface area contributed by atoms with Crippen molar-refractivity contribution < 1.29 is 4.79 Å². The molecule has 1 N–H and O–H groups in total. The van der Waals surface area contributed by atoms with Gasteiger partial charge in [-0.2, -0.15) is 11.3 Å². The maximum atomic E-state index is 11.7. The molecule has 3 heteroatoms. The molecule has 0 radical (unpaired) electrons. The summed E-state index contributed by atoms with van der Waals surface area (Å²) in [6.07, 6.45) is 6.02. The summed E-state index contributed by atoms with van der Waals surface area (Å²) in [7, 11) is 0. The van der Waals surface area contributed by atoms with Gasteiger partial charge in [0.2, 0.25) is 0 Å². The van der Waals surface area contributed by atoms with Crippen LogP contribution >= 0.6 is 11.3 Å². The second-order valence-electron chi connectivity index (χ2n) is 3.07. The minimum Gasteiger partial charge on any atom is -0.338 e. The van der Waals surface area contributed by atoms with E-state index in [1.165, 1.54) is 11.3 Å². The molecule has 14 heavy (non-hydrogen) atoms. The van der Waals surface area contributed by atoms with Crippen LogP contribution in [0.5, 0.6) is 0 Å². The predicted octanol–water partition coefficient (Wildman–Crippen LogP) is 2.20. The Morgan fingerprint density at radius 1 is 1.71 bits per heavy atom. The van der Waals surface area contributed by atoms with Gasteiger partial charge in [-0.05, 0) is 24.3 Å². The highest BCUT2D eigenvalue weighted by atomic mass is 32.1. The minimum atomic E-state index is -0.165. The molecule has 0 aromatic carbocycles. The van der Waals surface area contributed by atoms with Crippen molar-refractivity contribution in [1.29, 1.82) is 0 Å². The second kappa shape index (κ2) is 4.83. The van der Waals surface area contributed by atoms with Gasteiger partial charge in [0.25, 0.3) is 5.91 Å². The molecule has 0 saturated carbocycles. The van der Waals surface area contributed by atoms with Gasteiger partial charge in [0.15, 0.2) is 0 Å². The number of carbonyl (C=O) groups excluding carboxylic acids is 1. The zero-order valence-corrected chi connectivity index (χ0v) is 9.15. The van der Waals surface area contributed by atoms with Gasteiger partial charge < -0.3 is 5.32 Å². The largest absolute Gasteiger partial charge is 0.338 e. The van der Waals surface area contributed by atoms with Gasteiger partial charge >= 0.3 is 0 Å². The molecule has 2 nitrogen and oxygen atoms in total. The van der Waals surface area contributed by atoms with E-state index in [-0.39, 0.29) is 11.9 Å². The first-order valence-electron chi connectivity index (χ1n) is 4.48. The first-order chi connectivity index (χ1) is 6.69. The summed E-state index contributed by atoms with van der Waals surface area (Å²) in [4.78, 5) is 11.7. The number of nitrogens with one attached hydrogen (secondary N) is 1. The van der Waals surface area contributed by atoms with Crippen molar-refractivity contribution in [1.82, 2.24) is 5.32 Å². The summed E-state index contributed by atoms with van der Waals surface area (Å²) in [5, 5.41) is 6.58. The average molecular weight is 207 g/mol. The zero-order valence-electron chi connectivity index (χ0n) is 8.33. The molecule has 1 heterocycles. The van der Waals surface area contributed by atoms with Crippen molar-refractivity contribution in [3.63, 3.8) is 0 Å². The van der Waals surface area contributed by atoms with Crippen LogP contribution in [-0.4, -0.2) is 11.9 Å². The topological polar surface area (TPSA) is 29.1 Å². The highest BCUT2D eigenvalue weighted by Gasteiger charge is 2.12. The molecule has 1 unspecified atom stereocenters. The van der Waals surface area contributed by atoms with Gasteiger partial charge in [-0.1, -0.05) is 12.8 Å². The van der Waals surface area contributed by atoms with Gasteiger partial charge in [-0.15, -0.1) is 6.42 Å². The lowest BCUT2D eigenvalue weighted by Crippen LogP contribution is -2.33. The molecular weight excluding hydrogens is 194 g/mol. The third kappa shape index (κ3) is 2.36. The summed E-state index contributed by atoms with van der Waals surface area (Å²) in [5.41, 5.74) is 1.73. The fourth-order valence-electron chi connectivity index (χ4n) is 1.09. The molecule has 0 saturated heterocycles. The second-order valence-corrected chi connectivity index (χ2v) is 3.81. The summed E-state index contributed by atoms with van der Waals surface area (Å²) >= 11 is 1.52. The first-order valence-corrected chi connectivity index (χ1v) is 5.43. The van der Waals surface area contributed by atoms with Crippen LogP contribution in [0.15, 0.2) is 10.8 Å². The number of rotatable bonds is 3. The molecule has 0 aliphatic heterocycles. The molecule has 1 aromatic heterocycles. The van der Waals surface area contributed by atoms with Gasteiger partial charge in [-0.25, -0.2) is 0 Å². The predicted molar refractivity (Wildman–Crippen MR) is 59.4 cm³/mol. The lowest BCUT2D eigenvalue weighted by molar-refractivity contribution is 0.0945. The number of terminal acetylenes is 1. The van der Waals surface area contributed by atoms with E-state index in [1.807, 2.05) is 24.6 Å². The standard InChI is InChI=1S/C11H13NOS/c1-4-9(5-2)12-11(13)10-7-14-6-8(10)3/h1,6-7,9H,5H2,2-3H3,(H,12,13). The number of hydrogen-bond acceptors (Lipinski definition) is 2. The van der Waals surface area contributed by atoms with Crippen LogP contribution in [0, 0.1) is 19.3 Å². The van der Waals surface area contributed by atoms with Crippen molar-refractivity contribution in [2.24, 2.45) is 0 Å². The van der Waals surface area contributed by atoms with Crippen LogP contribution in [0.25, 0.3) is 0 Å². The summed E-state index contributed by atoms with van der Waals surface area (Å²) < 4.78 is 0. The third-order valence-electron chi connectivity index (χ3n) is 2.01. The van der Waals surface area contributed by atoms with Crippen molar-refractivity contribution >= 4 is 17.2 Å². The quantitative estimate of drug-likeness (QED) is 0.756. The Morgan fingerprint density at radius 3 is 2.86 bits per heavy atom. The zero-order chi connectivity index (χ0) is 10.6. The fraction of sp³-hybridized carbons (Fsp3) is 0.364. The highest BCUT2D eigenvalue weighted by Crippen LogP contribution is 2.13. The lowest BCUT2D eigenvalue weighted by atomic mass is 10.2. The Kier molecular flexibility index (Phi) is 3.73. The van der Waals surface area contributed by atoms with Crippen molar-refractivity contribution in [2.45, 2.75) is 26.3 Å². The molecule has 1 rings (SSSR count). The van der Waals surface area contributed by atoms with E-state index in [4.69, 9.17) is 6.42 Å². The molecule has 0 bridgehead atoms. The summed E-state index contributed by atoms with van der Waals surface area (Å²) in [5.74, 6) is 2.46. The molecule has 0 fully saturated rings. The number of aryl methyl sites for hydroxylation is 1. The Bertz CT molecular complexity index is 362. The maximum Gasteiger partial charge on any atom is 0.253 e. The Morgan fingerprint density at radius 2 is 2.43 bits per heavy atom. The first kappa shape index (κ1) is 10.8. The SMILES string of the molecule is C#CC(CC)NC(=O)c1cscc1C. The molecule has 0 aliphatic carbocycles. The molecule has 0 aliphatic rings. The third-order valence-corrected chi connectivity index (χ3v) is 2.88. The smallest absolute Gasteiger partial charge is 0.253 e. The molecular formula is C11H13NOS. The van der Waals surface area contributed by atoms with Crippen LogP contribution < -0.4 is 5.32 Å². The normalized spacial score (nSPS) is 11.8. The van der Waals surface area contributed by atoms with E-state index in [0.29, 0.717) is 0 Å².